The standard InChI is InChI=1S/C12H20N2S/c1-10-9-15-12(14-10)7-4-8-13-11-5-2-3-6-11/h9,11,13H,2-8H2,1H3. The van der Waals surface area contributed by atoms with Crippen LogP contribution in [-0.2, 0) is 6.42 Å². The second-order valence-corrected chi connectivity index (χ2v) is 5.36. The number of nitrogens with zero attached hydrogens (tertiary/aromatic N) is 1. The van der Waals surface area contributed by atoms with Crippen molar-refractivity contribution in [3.63, 3.8) is 0 Å². The normalized spacial score (nSPS) is 17.4. The Morgan fingerprint density at radius 3 is 2.93 bits per heavy atom. The van der Waals surface area contributed by atoms with Crippen LogP contribution in [0.4, 0.5) is 0 Å². The second-order valence-electron chi connectivity index (χ2n) is 4.42. The summed E-state index contributed by atoms with van der Waals surface area (Å²) < 4.78 is 0. The van der Waals surface area contributed by atoms with Crippen molar-refractivity contribution in [1.82, 2.24) is 10.3 Å². The monoisotopic (exact) mass is 224 g/mol. The van der Waals surface area contributed by atoms with Gasteiger partial charge in [0.15, 0.2) is 0 Å². The molecule has 0 unspecified atom stereocenters. The Morgan fingerprint density at radius 1 is 1.47 bits per heavy atom. The summed E-state index contributed by atoms with van der Waals surface area (Å²) in [5.41, 5.74) is 1.17. The largest absolute Gasteiger partial charge is 0.314 e. The van der Waals surface area contributed by atoms with Crippen LogP contribution in [0.2, 0.25) is 0 Å². The summed E-state index contributed by atoms with van der Waals surface area (Å²) in [5.74, 6) is 0. The highest BCUT2D eigenvalue weighted by molar-refractivity contribution is 7.09. The average molecular weight is 224 g/mol. The Balaban J connectivity index is 1.58. The Kier molecular flexibility index (Phi) is 4.15. The first-order chi connectivity index (χ1) is 7.34. The minimum atomic E-state index is 0.808. The van der Waals surface area contributed by atoms with E-state index in [9.17, 15) is 0 Å². The zero-order valence-corrected chi connectivity index (χ0v) is 10.3. The number of thiazole rings is 1. The molecular weight excluding hydrogens is 204 g/mol. The minimum Gasteiger partial charge on any atom is -0.314 e. The fraction of sp³-hybridized carbons (Fsp3) is 0.750. The van der Waals surface area contributed by atoms with Gasteiger partial charge in [-0.3, -0.25) is 0 Å². The molecule has 0 aliphatic heterocycles. The van der Waals surface area contributed by atoms with E-state index in [1.54, 1.807) is 11.3 Å². The Hall–Kier alpha value is -0.410. The Bertz CT molecular complexity index is 290. The van der Waals surface area contributed by atoms with E-state index in [1.807, 2.05) is 0 Å². The van der Waals surface area contributed by atoms with Gasteiger partial charge in [0.05, 0.1) is 5.01 Å². The van der Waals surface area contributed by atoms with Crippen LogP contribution >= 0.6 is 11.3 Å². The molecule has 0 aromatic carbocycles. The van der Waals surface area contributed by atoms with Crippen molar-refractivity contribution in [3.8, 4) is 0 Å². The first-order valence-corrected chi connectivity index (χ1v) is 6.87. The predicted molar refractivity (Wildman–Crippen MR) is 65.4 cm³/mol. The predicted octanol–water partition coefficient (Wildman–Crippen LogP) is 2.92. The first kappa shape index (κ1) is 11.1. The number of hydrogen-bond donors (Lipinski definition) is 1. The lowest BCUT2D eigenvalue weighted by atomic mass is 10.2. The molecule has 1 heterocycles. The quantitative estimate of drug-likeness (QED) is 0.778. The van der Waals surface area contributed by atoms with Crippen LogP contribution in [0.5, 0.6) is 0 Å². The van der Waals surface area contributed by atoms with Crippen molar-refractivity contribution in [1.29, 1.82) is 0 Å². The highest BCUT2D eigenvalue weighted by Gasteiger charge is 2.13. The summed E-state index contributed by atoms with van der Waals surface area (Å²) >= 11 is 1.79. The molecule has 0 radical (unpaired) electrons. The molecule has 0 amide bonds. The maximum Gasteiger partial charge on any atom is 0.0928 e. The molecule has 0 saturated heterocycles. The molecule has 1 aromatic rings. The van der Waals surface area contributed by atoms with Crippen LogP contribution in [0.3, 0.4) is 0 Å². The van der Waals surface area contributed by atoms with Crippen molar-refractivity contribution in [2.45, 2.75) is 51.5 Å². The van der Waals surface area contributed by atoms with Gasteiger partial charge in [0.25, 0.3) is 0 Å². The van der Waals surface area contributed by atoms with E-state index < -0.39 is 0 Å². The summed E-state index contributed by atoms with van der Waals surface area (Å²) in [6.07, 6.45) is 7.97. The second kappa shape index (κ2) is 5.61. The Labute approximate surface area is 96.1 Å². The van der Waals surface area contributed by atoms with Crippen molar-refractivity contribution in [2.75, 3.05) is 6.54 Å². The lowest BCUT2D eigenvalue weighted by Gasteiger charge is -2.10. The van der Waals surface area contributed by atoms with Gasteiger partial charge < -0.3 is 5.32 Å². The van der Waals surface area contributed by atoms with E-state index in [1.165, 1.54) is 42.8 Å². The SMILES string of the molecule is Cc1csc(CCCNC2CCCC2)n1. The van der Waals surface area contributed by atoms with Gasteiger partial charge >= 0.3 is 0 Å². The zero-order chi connectivity index (χ0) is 10.5. The summed E-state index contributed by atoms with van der Waals surface area (Å²) in [6.45, 7) is 3.22. The van der Waals surface area contributed by atoms with Crippen molar-refractivity contribution < 1.29 is 0 Å². The van der Waals surface area contributed by atoms with Gasteiger partial charge in [0.2, 0.25) is 0 Å². The molecule has 1 aliphatic carbocycles. The fourth-order valence-electron chi connectivity index (χ4n) is 2.19. The van der Waals surface area contributed by atoms with Gasteiger partial charge in [-0.05, 0) is 32.7 Å². The molecule has 1 aromatic heterocycles. The molecule has 1 fully saturated rings. The first-order valence-electron chi connectivity index (χ1n) is 5.99. The molecule has 3 heteroatoms. The molecule has 15 heavy (non-hydrogen) atoms. The number of aryl methyl sites for hydroxylation is 2. The van der Waals surface area contributed by atoms with Crippen LogP contribution in [0, 0.1) is 6.92 Å². The average Bonchev–Trinajstić information content (AvgIpc) is 2.84. The summed E-state index contributed by atoms with van der Waals surface area (Å²) in [6, 6.07) is 0.808. The smallest absolute Gasteiger partial charge is 0.0928 e. The van der Waals surface area contributed by atoms with Gasteiger partial charge in [-0.15, -0.1) is 11.3 Å². The third kappa shape index (κ3) is 3.58. The van der Waals surface area contributed by atoms with E-state index in [-0.39, 0.29) is 0 Å². The van der Waals surface area contributed by atoms with E-state index >= 15 is 0 Å². The van der Waals surface area contributed by atoms with Gasteiger partial charge in [-0.1, -0.05) is 12.8 Å². The number of hydrogen-bond acceptors (Lipinski definition) is 3. The third-order valence-corrected chi connectivity index (χ3v) is 4.05. The molecule has 1 saturated carbocycles. The maximum absolute atomic E-state index is 4.47. The van der Waals surface area contributed by atoms with Crippen molar-refractivity contribution in [2.24, 2.45) is 0 Å². The van der Waals surface area contributed by atoms with Crippen molar-refractivity contribution >= 4 is 11.3 Å². The molecule has 0 spiro atoms. The van der Waals surface area contributed by atoms with E-state index in [0.717, 1.165) is 19.0 Å². The fourth-order valence-corrected chi connectivity index (χ4v) is 3.01. The zero-order valence-electron chi connectivity index (χ0n) is 9.46. The van der Waals surface area contributed by atoms with Crippen LogP contribution in [0.1, 0.15) is 42.8 Å². The van der Waals surface area contributed by atoms with E-state index in [2.05, 4.69) is 22.6 Å². The topological polar surface area (TPSA) is 24.9 Å². The van der Waals surface area contributed by atoms with Crippen LogP contribution in [0.15, 0.2) is 5.38 Å². The maximum atomic E-state index is 4.47. The highest BCUT2D eigenvalue weighted by Crippen LogP contribution is 2.17. The van der Waals surface area contributed by atoms with Gasteiger partial charge in [-0.2, -0.15) is 0 Å². The van der Waals surface area contributed by atoms with Gasteiger partial charge in [-0.25, -0.2) is 4.98 Å². The van der Waals surface area contributed by atoms with E-state index in [4.69, 9.17) is 0 Å². The number of aromatic nitrogens is 1. The molecular formula is C12H20N2S. The van der Waals surface area contributed by atoms with Crippen molar-refractivity contribution in [3.05, 3.63) is 16.1 Å². The van der Waals surface area contributed by atoms with Gasteiger partial charge in [0, 0.05) is 23.5 Å². The summed E-state index contributed by atoms with van der Waals surface area (Å²) in [7, 11) is 0. The minimum absolute atomic E-state index is 0.808. The molecule has 1 aliphatic rings. The van der Waals surface area contributed by atoms with Gasteiger partial charge in [0.1, 0.15) is 0 Å². The highest BCUT2D eigenvalue weighted by atomic mass is 32.1. The number of rotatable bonds is 5. The molecule has 0 atom stereocenters. The number of nitrogens with one attached hydrogen (secondary N) is 1. The summed E-state index contributed by atoms with van der Waals surface area (Å²) in [5, 5.41) is 7.07. The van der Waals surface area contributed by atoms with Crippen LogP contribution < -0.4 is 5.32 Å². The lowest BCUT2D eigenvalue weighted by molar-refractivity contribution is 0.515. The van der Waals surface area contributed by atoms with Crippen LogP contribution in [-0.4, -0.2) is 17.6 Å². The third-order valence-electron chi connectivity index (χ3n) is 3.02. The molecule has 2 rings (SSSR count). The molecule has 1 N–H and O–H groups in total. The lowest BCUT2D eigenvalue weighted by Crippen LogP contribution is -2.27. The van der Waals surface area contributed by atoms with Crippen LogP contribution in [0.25, 0.3) is 0 Å². The molecule has 84 valence electrons. The molecule has 0 bridgehead atoms. The van der Waals surface area contributed by atoms with E-state index in [0.29, 0.717) is 0 Å². The Morgan fingerprint density at radius 2 is 2.27 bits per heavy atom. The summed E-state index contributed by atoms with van der Waals surface area (Å²) in [4.78, 5) is 4.47. The molecule has 2 nitrogen and oxygen atoms in total.